The van der Waals surface area contributed by atoms with Crippen molar-refractivity contribution in [2.45, 2.75) is 0 Å². The van der Waals surface area contributed by atoms with Gasteiger partial charge in [-0.2, -0.15) is 0 Å². The maximum Gasteiger partial charge on any atom is 0.197 e. The Morgan fingerprint density at radius 2 is 1.58 bits per heavy atom. The topological polar surface area (TPSA) is 51.8 Å². The minimum absolute atomic E-state index is 0.685. The SMILES string of the molecule is c1ccc(-c2noc3c2nnc2ccccc23)cc1. The summed E-state index contributed by atoms with van der Waals surface area (Å²) >= 11 is 0. The highest BCUT2D eigenvalue weighted by atomic mass is 16.5. The third-order valence-electron chi connectivity index (χ3n) is 3.12. The van der Waals surface area contributed by atoms with Gasteiger partial charge >= 0.3 is 0 Å². The molecule has 0 bridgehead atoms. The Morgan fingerprint density at radius 1 is 0.789 bits per heavy atom. The zero-order valence-corrected chi connectivity index (χ0v) is 9.95. The van der Waals surface area contributed by atoms with Gasteiger partial charge in [0.05, 0.1) is 5.52 Å². The highest BCUT2D eigenvalue weighted by Crippen LogP contribution is 2.29. The van der Waals surface area contributed by atoms with Gasteiger partial charge in [0.25, 0.3) is 0 Å². The normalized spacial score (nSPS) is 11.2. The molecule has 2 heterocycles. The van der Waals surface area contributed by atoms with Gasteiger partial charge in [-0.05, 0) is 12.1 Å². The molecular weight excluding hydrogens is 238 g/mol. The minimum atomic E-state index is 0.685. The molecule has 90 valence electrons. The molecule has 0 N–H and O–H groups in total. The lowest BCUT2D eigenvalue weighted by Crippen LogP contribution is -1.86. The molecular formula is C15H9N3O. The summed E-state index contributed by atoms with van der Waals surface area (Å²) in [5.41, 5.74) is 3.90. The molecule has 2 aromatic heterocycles. The van der Waals surface area contributed by atoms with Gasteiger partial charge in [0.2, 0.25) is 0 Å². The maximum atomic E-state index is 5.46. The van der Waals surface area contributed by atoms with E-state index in [9.17, 15) is 0 Å². The molecule has 0 radical (unpaired) electrons. The number of nitrogens with zero attached hydrogens (tertiary/aromatic N) is 3. The second kappa shape index (κ2) is 3.88. The van der Waals surface area contributed by atoms with Crippen molar-refractivity contribution in [1.82, 2.24) is 15.4 Å². The van der Waals surface area contributed by atoms with Gasteiger partial charge in [0.15, 0.2) is 11.1 Å². The maximum absolute atomic E-state index is 5.46. The molecule has 0 spiro atoms. The molecule has 0 saturated carbocycles. The van der Waals surface area contributed by atoms with Crippen molar-refractivity contribution in [3.8, 4) is 11.3 Å². The smallest absolute Gasteiger partial charge is 0.197 e. The van der Waals surface area contributed by atoms with E-state index in [4.69, 9.17) is 4.52 Å². The quantitative estimate of drug-likeness (QED) is 0.517. The highest BCUT2D eigenvalue weighted by molar-refractivity contribution is 6.03. The zero-order chi connectivity index (χ0) is 12.7. The van der Waals surface area contributed by atoms with E-state index < -0.39 is 0 Å². The molecule has 2 aromatic carbocycles. The summed E-state index contributed by atoms with van der Waals surface area (Å²) in [5.74, 6) is 0. The summed E-state index contributed by atoms with van der Waals surface area (Å²) < 4.78 is 5.46. The molecule has 0 aliphatic carbocycles. The van der Waals surface area contributed by atoms with Crippen LogP contribution in [0.4, 0.5) is 0 Å². The molecule has 4 aromatic rings. The third kappa shape index (κ3) is 1.50. The first kappa shape index (κ1) is 10.2. The second-order valence-electron chi connectivity index (χ2n) is 4.29. The van der Waals surface area contributed by atoms with Gasteiger partial charge in [-0.15, -0.1) is 10.2 Å². The van der Waals surface area contributed by atoms with E-state index in [0.717, 1.165) is 22.2 Å². The number of rotatable bonds is 1. The van der Waals surface area contributed by atoms with E-state index in [1.807, 2.05) is 54.6 Å². The van der Waals surface area contributed by atoms with E-state index in [0.29, 0.717) is 11.1 Å². The van der Waals surface area contributed by atoms with Crippen molar-refractivity contribution in [3.63, 3.8) is 0 Å². The van der Waals surface area contributed by atoms with Crippen LogP contribution in [0.2, 0.25) is 0 Å². The predicted octanol–water partition coefficient (Wildman–Crippen LogP) is 3.44. The van der Waals surface area contributed by atoms with Crippen molar-refractivity contribution >= 4 is 22.0 Å². The number of aromatic nitrogens is 3. The molecule has 0 amide bonds. The van der Waals surface area contributed by atoms with Crippen LogP contribution in [-0.4, -0.2) is 15.4 Å². The molecule has 0 aliphatic rings. The van der Waals surface area contributed by atoms with Crippen molar-refractivity contribution in [2.24, 2.45) is 0 Å². The Hall–Kier alpha value is -2.75. The lowest BCUT2D eigenvalue weighted by Gasteiger charge is -1.96. The lowest BCUT2D eigenvalue weighted by atomic mass is 10.1. The van der Waals surface area contributed by atoms with Crippen LogP contribution in [0, 0.1) is 0 Å². The van der Waals surface area contributed by atoms with Crippen LogP contribution in [-0.2, 0) is 0 Å². The summed E-state index contributed by atoms with van der Waals surface area (Å²) in [6.45, 7) is 0. The van der Waals surface area contributed by atoms with Crippen LogP contribution >= 0.6 is 0 Å². The minimum Gasteiger partial charge on any atom is -0.353 e. The van der Waals surface area contributed by atoms with Crippen LogP contribution in [0.15, 0.2) is 59.1 Å². The van der Waals surface area contributed by atoms with Crippen LogP contribution in [0.3, 0.4) is 0 Å². The number of hydrogen-bond donors (Lipinski definition) is 0. The van der Waals surface area contributed by atoms with E-state index in [2.05, 4.69) is 15.4 Å². The van der Waals surface area contributed by atoms with Crippen molar-refractivity contribution < 1.29 is 4.52 Å². The summed E-state index contributed by atoms with van der Waals surface area (Å²) in [5, 5.41) is 13.5. The van der Waals surface area contributed by atoms with Crippen LogP contribution < -0.4 is 0 Å². The number of fused-ring (bicyclic) bond motifs is 3. The molecule has 0 atom stereocenters. The average molecular weight is 247 g/mol. The van der Waals surface area contributed by atoms with Gasteiger partial charge in [-0.1, -0.05) is 47.6 Å². The molecule has 0 fully saturated rings. The van der Waals surface area contributed by atoms with Crippen molar-refractivity contribution in [1.29, 1.82) is 0 Å². The summed E-state index contributed by atoms with van der Waals surface area (Å²) in [4.78, 5) is 0. The lowest BCUT2D eigenvalue weighted by molar-refractivity contribution is 0.461. The molecule has 4 heteroatoms. The van der Waals surface area contributed by atoms with E-state index >= 15 is 0 Å². The summed E-state index contributed by atoms with van der Waals surface area (Å²) in [6, 6.07) is 17.6. The second-order valence-corrected chi connectivity index (χ2v) is 4.29. The number of hydrogen-bond acceptors (Lipinski definition) is 4. The van der Waals surface area contributed by atoms with Crippen LogP contribution in [0.25, 0.3) is 33.3 Å². The number of benzene rings is 2. The summed E-state index contributed by atoms with van der Waals surface area (Å²) in [6.07, 6.45) is 0. The Balaban J connectivity index is 2.08. The molecule has 4 rings (SSSR count). The van der Waals surface area contributed by atoms with Gasteiger partial charge in [0, 0.05) is 10.9 Å². The largest absolute Gasteiger partial charge is 0.353 e. The van der Waals surface area contributed by atoms with Gasteiger partial charge in [-0.25, -0.2) is 0 Å². The standard InChI is InChI=1S/C15H9N3O/c1-2-6-10(7-3-1)13-14-15(19-18-13)11-8-4-5-9-12(11)16-17-14/h1-9H. The molecule has 0 aliphatic heterocycles. The van der Waals surface area contributed by atoms with Crippen molar-refractivity contribution in [2.75, 3.05) is 0 Å². The van der Waals surface area contributed by atoms with Gasteiger partial charge < -0.3 is 4.52 Å². The van der Waals surface area contributed by atoms with Crippen LogP contribution in [0.5, 0.6) is 0 Å². The first-order valence-electron chi connectivity index (χ1n) is 6.00. The fraction of sp³-hybridized carbons (Fsp3) is 0. The zero-order valence-electron chi connectivity index (χ0n) is 9.95. The highest BCUT2D eigenvalue weighted by Gasteiger charge is 2.14. The Labute approximate surface area is 108 Å². The van der Waals surface area contributed by atoms with E-state index in [1.165, 1.54) is 0 Å². The van der Waals surface area contributed by atoms with E-state index in [-0.39, 0.29) is 0 Å². The Morgan fingerprint density at radius 3 is 2.47 bits per heavy atom. The molecule has 19 heavy (non-hydrogen) atoms. The third-order valence-corrected chi connectivity index (χ3v) is 3.12. The molecule has 4 nitrogen and oxygen atoms in total. The predicted molar refractivity (Wildman–Crippen MR) is 72.5 cm³/mol. The van der Waals surface area contributed by atoms with Gasteiger partial charge in [0.1, 0.15) is 5.69 Å². The van der Waals surface area contributed by atoms with Gasteiger partial charge in [-0.3, -0.25) is 0 Å². The van der Waals surface area contributed by atoms with Crippen molar-refractivity contribution in [3.05, 3.63) is 54.6 Å². The monoisotopic (exact) mass is 247 g/mol. The average Bonchev–Trinajstić information content (AvgIpc) is 2.92. The first-order chi connectivity index (χ1) is 9.43. The van der Waals surface area contributed by atoms with E-state index in [1.54, 1.807) is 0 Å². The fourth-order valence-corrected chi connectivity index (χ4v) is 2.20. The Kier molecular flexibility index (Phi) is 2.08. The van der Waals surface area contributed by atoms with Crippen LogP contribution in [0.1, 0.15) is 0 Å². The molecule has 0 unspecified atom stereocenters. The molecule has 0 saturated heterocycles. The fourth-order valence-electron chi connectivity index (χ4n) is 2.20. The Bertz CT molecular complexity index is 868. The summed E-state index contributed by atoms with van der Waals surface area (Å²) in [7, 11) is 0. The first-order valence-corrected chi connectivity index (χ1v) is 6.00.